The molecular formula is C15H27N3S. The van der Waals surface area contributed by atoms with E-state index >= 15 is 0 Å². The molecule has 1 aromatic heterocycles. The van der Waals surface area contributed by atoms with Gasteiger partial charge in [-0.05, 0) is 39.9 Å². The highest BCUT2D eigenvalue weighted by Gasteiger charge is 2.13. The quantitative estimate of drug-likeness (QED) is 0.894. The Morgan fingerprint density at radius 3 is 2.05 bits per heavy atom. The topological polar surface area (TPSA) is 37.8 Å². The van der Waals surface area contributed by atoms with E-state index in [9.17, 15) is 0 Å². The average molecular weight is 281 g/mol. The first-order valence-electron chi connectivity index (χ1n) is 6.88. The number of nitrogens with zero attached hydrogens (tertiary/aromatic N) is 2. The van der Waals surface area contributed by atoms with E-state index in [1.165, 1.54) is 5.56 Å². The lowest BCUT2D eigenvalue weighted by atomic mass is 10.1. The van der Waals surface area contributed by atoms with Crippen LogP contribution in [-0.2, 0) is 12.3 Å². The third-order valence-electron chi connectivity index (χ3n) is 2.81. The summed E-state index contributed by atoms with van der Waals surface area (Å²) in [6.07, 6.45) is 0. The van der Waals surface area contributed by atoms with Crippen molar-refractivity contribution in [3.05, 3.63) is 22.8 Å². The average Bonchev–Trinajstić information content (AvgIpc) is 2.23. The number of aryl methyl sites for hydroxylation is 2. The number of nitrogens with one attached hydrogen (secondary N) is 1. The zero-order chi connectivity index (χ0) is 14.6. The SMILES string of the molecule is Cc1nc(CSC(C)C)nc(C)c1CNC(C)(C)C. The van der Waals surface area contributed by atoms with Crippen molar-refractivity contribution >= 4 is 11.8 Å². The van der Waals surface area contributed by atoms with E-state index in [4.69, 9.17) is 0 Å². The number of hydrogen-bond acceptors (Lipinski definition) is 4. The Morgan fingerprint density at radius 1 is 1.11 bits per heavy atom. The Kier molecular flexibility index (Phi) is 5.81. The summed E-state index contributed by atoms with van der Waals surface area (Å²) in [6, 6.07) is 0. The van der Waals surface area contributed by atoms with Crippen molar-refractivity contribution in [1.29, 1.82) is 0 Å². The van der Waals surface area contributed by atoms with Crippen molar-refractivity contribution in [2.45, 2.75) is 71.6 Å². The van der Waals surface area contributed by atoms with Crippen LogP contribution in [0, 0.1) is 13.8 Å². The molecule has 1 aromatic rings. The molecule has 0 saturated carbocycles. The molecule has 108 valence electrons. The fourth-order valence-electron chi connectivity index (χ4n) is 1.72. The van der Waals surface area contributed by atoms with Crippen molar-refractivity contribution < 1.29 is 0 Å². The van der Waals surface area contributed by atoms with Crippen molar-refractivity contribution in [2.24, 2.45) is 0 Å². The van der Waals surface area contributed by atoms with Crippen LogP contribution < -0.4 is 5.32 Å². The van der Waals surface area contributed by atoms with E-state index in [1.54, 1.807) is 0 Å². The maximum absolute atomic E-state index is 4.63. The van der Waals surface area contributed by atoms with Crippen LogP contribution >= 0.6 is 11.8 Å². The maximum atomic E-state index is 4.63. The largest absolute Gasteiger partial charge is 0.308 e. The fourth-order valence-corrected chi connectivity index (χ4v) is 2.34. The molecule has 19 heavy (non-hydrogen) atoms. The van der Waals surface area contributed by atoms with E-state index in [2.05, 4.69) is 63.8 Å². The highest BCUT2D eigenvalue weighted by Crippen LogP contribution is 2.17. The highest BCUT2D eigenvalue weighted by atomic mass is 32.2. The number of rotatable bonds is 5. The molecule has 0 bridgehead atoms. The summed E-state index contributed by atoms with van der Waals surface area (Å²) in [5.74, 6) is 1.85. The van der Waals surface area contributed by atoms with Crippen molar-refractivity contribution in [3.8, 4) is 0 Å². The maximum Gasteiger partial charge on any atom is 0.138 e. The van der Waals surface area contributed by atoms with Gasteiger partial charge >= 0.3 is 0 Å². The first-order valence-corrected chi connectivity index (χ1v) is 7.93. The zero-order valence-corrected chi connectivity index (χ0v) is 14.1. The first kappa shape index (κ1) is 16.4. The van der Waals surface area contributed by atoms with Gasteiger partial charge in [-0.2, -0.15) is 11.8 Å². The standard InChI is InChI=1S/C15H27N3S/c1-10(2)19-9-14-17-11(3)13(12(4)18-14)8-16-15(5,6)7/h10,16H,8-9H2,1-7H3. The van der Waals surface area contributed by atoms with E-state index in [0.717, 1.165) is 29.5 Å². The van der Waals surface area contributed by atoms with E-state index in [-0.39, 0.29) is 5.54 Å². The smallest absolute Gasteiger partial charge is 0.138 e. The number of aromatic nitrogens is 2. The predicted octanol–water partition coefficient (Wildman–Crippen LogP) is 3.62. The first-order chi connectivity index (χ1) is 8.69. The van der Waals surface area contributed by atoms with Gasteiger partial charge < -0.3 is 5.32 Å². The monoisotopic (exact) mass is 281 g/mol. The summed E-state index contributed by atoms with van der Waals surface area (Å²) in [5.41, 5.74) is 3.55. The minimum Gasteiger partial charge on any atom is -0.308 e. The summed E-state index contributed by atoms with van der Waals surface area (Å²) >= 11 is 1.88. The van der Waals surface area contributed by atoms with E-state index in [0.29, 0.717) is 5.25 Å². The van der Waals surface area contributed by atoms with Crippen LogP contribution in [0.5, 0.6) is 0 Å². The molecule has 4 heteroatoms. The summed E-state index contributed by atoms with van der Waals surface area (Å²) in [7, 11) is 0. The van der Waals surface area contributed by atoms with E-state index < -0.39 is 0 Å². The van der Waals surface area contributed by atoms with Gasteiger partial charge in [0.25, 0.3) is 0 Å². The Balaban J connectivity index is 2.79. The molecule has 1 N–H and O–H groups in total. The van der Waals surface area contributed by atoms with Crippen molar-refractivity contribution in [3.63, 3.8) is 0 Å². The van der Waals surface area contributed by atoms with Crippen LogP contribution in [0.1, 0.15) is 57.4 Å². The van der Waals surface area contributed by atoms with Gasteiger partial charge in [0.1, 0.15) is 5.82 Å². The normalized spacial score (nSPS) is 12.2. The minimum atomic E-state index is 0.116. The summed E-state index contributed by atoms with van der Waals surface area (Å²) in [6.45, 7) is 15.9. The van der Waals surface area contributed by atoms with Crippen LogP contribution in [0.25, 0.3) is 0 Å². The molecule has 0 aliphatic heterocycles. The van der Waals surface area contributed by atoms with Gasteiger partial charge in [0.05, 0.1) is 5.75 Å². The fraction of sp³-hybridized carbons (Fsp3) is 0.733. The lowest BCUT2D eigenvalue weighted by molar-refractivity contribution is 0.422. The summed E-state index contributed by atoms with van der Waals surface area (Å²) in [4.78, 5) is 9.27. The summed E-state index contributed by atoms with van der Waals surface area (Å²) in [5, 5.41) is 4.12. The lowest BCUT2D eigenvalue weighted by Crippen LogP contribution is -2.35. The molecule has 0 aliphatic rings. The van der Waals surface area contributed by atoms with Crippen LogP contribution in [-0.4, -0.2) is 20.8 Å². The third-order valence-corrected chi connectivity index (χ3v) is 3.90. The Bertz CT molecular complexity index is 399. The Labute approximate surface area is 122 Å². The molecule has 0 spiro atoms. The molecule has 0 aromatic carbocycles. The van der Waals surface area contributed by atoms with Crippen LogP contribution in [0.15, 0.2) is 0 Å². The van der Waals surface area contributed by atoms with Gasteiger partial charge in [0.2, 0.25) is 0 Å². The summed E-state index contributed by atoms with van der Waals surface area (Å²) < 4.78 is 0. The number of hydrogen-bond donors (Lipinski definition) is 1. The second-order valence-corrected chi connectivity index (χ2v) is 7.82. The van der Waals surface area contributed by atoms with Gasteiger partial charge in [-0.1, -0.05) is 13.8 Å². The molecule has 0 radical (unpaired) electrons. The second kappa shape index (κ2) is 6.71. The molecule has 0 fully saturated rings. The van der Waals surface area contributed by atoms with Crippen LogP contribution in [0.3, 0.4) is 0 Å². The van der Waals surface area contributed by atoms with Gasteiger partial charge in [-0.25, -0.2) is 9.97 Å². The van der Waals surface area contributed by atoms with Crippen molar-refractivity contribution in [2.75, 3.05) is 0 Å². The van der Waals surface area contributed by atoms with Gasteiger partial charge in [-0.15, -0.1) is 0 Å². The molecule has 0 atom stereocenters. The molecule has 0 aliphatic carbocycles. The molecule has 3 nitrogen and oxygen atoms in total. The van der Waals surface area contributed by atoms with E-state index in [1.807, 2.05) is 11.8 Å². The van der Waals surface area contributed by atoms with Gasteiger partial charge in [0, 0.05) is 29.0 Å². The molecule has 1 rings (SSSR count). The van der Waals surface area contributed by atoms with Gasteiger partial charge in [-0.3, -0.25) is 0 Å². The lowest BCUT2D eigenvalue weighted by Gasteiger charge is -2.22. The second-order valence-electron chi connectivity index (χ2n) is 6.25. The van der Waals surface area contributed by atoms with Gasteiger partial charge in [0.15, 0.2) is 0 Å². The molecule has 0 unspecified atom stereocenters. The predicted molar refractivity (Wildman–Crippen MR) is 84.5 cm³/mol. The van der Waals surface area contributed by atoms with Crippen molar-refractivity contribution in [1.82, 2.24) is 15.3 Å². The Hall–Kier alpha value is -0.610. The molecule has 1 heterocycles. The highest BCUT2D eigenvalue weighted by molar-refractivity contribution is 7.99. The zero-order valence-electron chi connectivity index (χ0n) is 13.3. The Morgan fingerprint density at radius 2 is 1.63 bits per heavy atom. The minimum absolute atomic E-state index is 0.116. The van der Waals surface area contributed by atoms with Crippen LogP contribution in [0.4, 0.5) is 0 Å². The molecule has 0 amide bonds. The third kappa shape index (κ3) is 5.91. The molecular weight excluding hydrogens is 254 g/mol. The number of thioether (sulfide) groups is 1. The van der Waals surface area contributed by atoms with Crippen LogP contribution in [0.2, 0.25) is 0 Å². The molecule has 0 saturated heterocycles.